The van der Waals surface area contributed by atoms with Crippen molar-refractivity contribution in [2.45, 2.75) is 393 Å². The molecule has 0 aromatic rings. The van der Waals surface area contributed by atoms with Gasteiger partial charge in [0.2, 0.25) is 0 Å². The molecule has 1 atom stereocenters. The van der Waals surface area contributed by atoms with Crippen LogP contribution in [0.15, 0.2) is 48.6 Å². The first-order valence-electron chi connectivity index (χ1n) is 35.6. The molecule has 0 fully saturated rings. The molecule has 0 saturated carbocycles. The van der Waals surface area contributed by atoms with Crippen molar-refractivity contribution in [3.05, 3.63) is 48.6 Å². The Kier molecular flexibility index (Phi) is 66.6. The van der Waals surface area contributed by atoms with Gasteiger partial charge >= 0.3 is 17.9 Å². The second-order valence-electron chi connectivity index (χ2n) is 24.1. The molecule has 0 radical (unpaired) electrons. The fraction of sp³-hybridized carbons (Fsp3) is 0.851. The van der Waals surface area contributed by atoms with Gasteiger partial charge in [-0.15, -0.1) is 0 Å². The molecule has 0 amide bonds. The summed E-state index contributed by atoms with van der Waals surface area (Å²) < 4.78 is 16.9. The van der Waals surface area contributed by atoms with Crippen LogP contribution in [0.25, 0.3) is 0 Å². The molecule has 0 bridgehead atoms. The van der Waals surface area contributed by atoms with E-state index in [0.29, 0.717) is 19.3 Å². The molecular weight excluding hydrogens is 985 g/mol. The number of esters is 3. The van der Waals surface area contributed by atoms with E-state index in [-0.39, 0.29) is 31.1 Å². The van der Waals surface area contributed by atoms with Crippen molar-refractivity contribution < 1.29 is 28.6 Å². The average Bonchev–Trinajstić information content (AvgIpc) is 3.46. The Morgan fingerprint density at radius 2 is 0.450 bits per heavy atom. The topological polar surface area (TPSA) is 78.9 Å². The molecule has 0 rings (SSSR count). The third kappa shape index (κ3) is 66.2. The van der Waals surface area contributed by atoms with E-state index in [1.807, 2.05) is 0 Å². The largest absolute Gasteiger partial charge is 0.462 e. The second kappa shape index (κ2) is 68.9. The zero-order chi connectivity index (χ0) is 57.8. The van der Waals surface area contributed by atoms with Crippen molar-refractivity contribution in [3.8, 4) is 0 Å². The highest BCUT2D eigenvalue weighted by Gasteiger charge is 2.19. The van der Waals surface area contributed by atoms with E-state index in [9.17, 15) is 14.4 Å². The number of carbonyl (C=O) groups is 3. The minimum Gasteiger partial charge on any atom is -0.462 e. The number of ether oxygens (including phenoxy) is 3. The van der Waals surface area contributed by atoms with Gasteiger partial charge in [0.15, 0.2) is 6.10 Å². The molecule has 0 aliphatic rings. The predicted molar refractivity (Wildman–Crippen MR) is 349 cm³/mol. The summed E-state index contributed by atoms with van der Waals surface area (Å²) in [6.07, 6.45) is 87.4. The summed E-state index contributed by atoms with van der Waals surface area (Å²) in [7, 11) is 0. The van der Waals surface area contributed by atoms with Crippen LogP contribution in [0.5, 0.6) is 0 Å². The first-order chi connectivity index (χ1) is 39.5. The lowest BCUT2D eigenvalue weighted by atomic mass is 10.0. The molecular formula is C74H136O6. The molecule has 0 aromatic carbocycles. The molecule has 0 heterocycles. The van der Waals surface area contributed by atoms with Crippen LogP contribution in [-0.2, 0) is 28.6 Å². The molecule has 0 aliphatic heterocycles. The van der Waals surface area contributed by atoms with Crippen molar-refractivity contribution in [1.29, 1.82) is 0 Å². The Morgan fingerprint density at radius 1 is 0.250 bits per heavy atom. The standard InChI is InChI=1S/C74H136O6/c1-4-7-10-13-16-19-21-23-25-27-29-31-32-33-34-35-36-37-38-39-40-41-42-44-45-47-49-51-53-55-58-61-64-67-73(76)79-70-71(69-78-72(75)66-63-60-57-18-15-12-9-6-3)80-74(77)68-65-62-59-56-54-52-50-48-46-43-30-28-26-24-22-20-17-14-11-8-5-2/h21,23,27-30,32-33,71H,4-20,22,24-26,31,34-70H2,1-3H3/b23-21-,29-27-,30-28-,33-32-. The van der Waals surface area contributed by atoms with Gasteiger partial charge in [-0.3, -0.25) is 14.4 Å². The minimum absolute atomic E-state index is 0.0687. The zero-order valence-electron chi connectivity index (χ0n) is 53.9. The fourth-order valence-electron chi connectivity index (χ4n) is 10.7. The SMILES string of the molecule is CCCCCCC/C=C\C/C=C\C/C=C\CCCCCCCCCCCCCCCCCCCCC(=O)OCC(COC(=O)CCCCCCCCCC)OC(=O)CCCCCCCCCCC/C=C\CCCCCCCCCC. The number of rotatable bonds is 66. The van der Waals surface area contributed by atoms with Gasteiger partial charge in [-0.25, -0.2) is 0 Å². The molecule has 6 heteroatoms. The molecule has 0 aliphatic carbocycles. The highest BCUT2D eigenvalue weighted by molar-refractivity contribution is 5.71. The van der Waals surface area contributed by atoms with Crippen LogP contribution in [-0.4, -0.2) is 37.2 Å². The van der Waals surface area contributed by atoms with Crippen molar-refractivity contribution in [2.75, 3.05) is 13.2 Å². The summed E-state index contributed by atoms with van der Waals surface area (Å²) >= 11 is 0. The molecule has 0 N–H and O–H groups in total. The minimum atomic E-state index is -0.770. The van der Waals surface area contributed by atoms with Gasteiger partial charge in [0.1, 0.15) is 13.2 Å². The summed E-state index contributed by atoms with van der Waals surface area (Å²) in [5, 5.41) is 0. The molecule has 468 valence electrons. The molecule has 1 unspecified atom stereocenters. The first kappa shape index (κ1) is 77.4. The summed E-state index contributed by atoms with van der Waals surface area (Å²) in [5.41, 5.74) is 0. The Hall–Kier alpha value is -2.63. The van der Waals surface area contributed by atoms with Crippen LogP contribution in [0.1, 0.15) is 387 Å². The average molecular weight is 1120 g/mol. The Labute approximate surface area is 498 Å². The maximum atomic E-state index is 12.9. The predicted octanol–water partition coefficient (Wildman–Crippen LogP) is 24.5. The molecule has 6 nitrogen and oxygen atoms in total. The van der Waals surface area contributed by atoms with Crippen molar-refractivity contribution >= 4 is 17.9 Å². The van der Waals surface area contributed by atoms with E-state index in [0.717, 1.165) is 70.6 Å². The first-order valence-corrected chi connectivity index (χ1v) is 35.6. The second-order valence-corrected chi connectivity index (χ2v) is 24.1. The van der Waals surface area contributed by atoms with E-state index in [4.69, 9.17) is 14.2 Å². The maximum absolute atomic E-state index is 12.9. The lowest BCUT2D eigenvalue weighted by Crippen LogP contribution is -2.30. The fourth-order valence-corrected chi connectivity index (χ4v) is 10.7. The van der Waals surface area contributed by atoms with Gasteiger partial charge in [-0.2, -0.15) is 0 Å². The summed E-state index contributed by atoms with van der Waals surface area (Å²) in [6.45, 7) is 6.66. The molecule has 0 aromatic heterocycles. The van der Waals surface area contributed by atoms with Gasteiger partial charge in [-0.1, -0.05) is 333 Å². The van der Waals surface area contributed by atoms with Crippen LogP contribution >= 0.6 is 0 Å². The Bertz CT molecular complexity index is 1380. The lowest BCUT2D eigenvalue weighted by molar-refractivity contribution is -0.167. The van der Waals surface area contributed by atoms with E-state index in [2.05, 4.69) is 69.4 Å². The molecule has 0 saturated heterocycles. The van der Waals surface area contributed by atoms with Crippen molar-refractivity contribution in [3.63, 3.8) is 0 Å². The maximum Gasteiger partial charge on any atom is 0.306 e. The third-order valence-electron chi connectivity index (χ3n) is 16.1. The quantitative estimate of drug-likeness (QED) is 0.0261. The van der Waals surface area contributed by atoms with E-state index >= 15 is 0 Å². The number of unbranched alkanes of at least 4 members (excludes halogenated alkanes) is 47. The number of carbonyl (C=O) groups excluding carboxylic acids is 3. The van der Waals surface area contributed by atoms with Crippen LogP contribution in [0.2, 0.25) is 0 Å². The highest BCUT2D eigenvalue weighted by atomic mass is 16.6. The number of hydrogen-bond acceptors (Lipinski definition) is 6. The third-order valence-corrected chi connectivity index (χ3v) is 16.1. The molecule has 0 spiro atoms. The van der Waals surface area contributed by atoms with Crippen LogP contribution < -0.4 is 0 Å². The molecule has 80 heavy (non-hydrogen) atoms. The summed E-state index contributed by atoms with van der Waals surface area (Å²) in [4.78, 5) is 38.2. The van der Waals surface area contributed by atoms with Gasteiger partial charge in [0, 0.05) is 19.3 Å². The summed E-state index contributed by atoms with van der Waals surface area (Å²) in [6, 6.07) is 0. The van der Waals surface area contributed by atoms with E-state index < -0.39 is 6.10 Å². The van der Waals surface area contributed by atoms with Crippen molar-refractivity contribution in [2.24, 2.45) is 0 Å². The normalized spacial score (nSPS) is 12.3. The lowest BCUT2D eigenvalue weighted by Gasteiger charge is -2.18. The smallest absolute Gasteiger partial charge is 0.306 e. The summed E-state index contributed by atoms with van der Waals surface area (Å²) in [5.74, 6) is -0.851. The van der Waals surface area contributed by atoms with Gasteiger partial charge < -0.3 is 14.2 Å². The van der Waals surface area contributed by atoms with E-state index in [1.165, 1.54) is 276 Å². The Balaban J connectivity index is 4.03. The number of allylic oxidation sites excluding steroid dienone is 8. The van der Waals surface area contributed by atoms with Crippen LogP contribution in [0, 0.1) is 0 Å². The van der Waals surface area contributed by atoms with Crippen LogP contribution in [0.3, 0.4) is 0 Å². The number of hydrogen-bond donors (Lipinski definition) is 0. The van der Waals surface area contributed by atoms with Gasteiger partial charge in [0.05, 0.1) is 0 Å². The highest BCUT2D eigenvalue weighted by Crippen LogP contribution is 2.18. The van der Waals surface area contributed by atoms with Gasteiger partial charge in [-0.05, 0) is 83.5 Å². The van der Waals surface area contributed by atoms with Gasteiger partial charge in [0.25, 0.3) is 0 Å². The van der Waals surface area contributed by atoms with Crippen LogP contribution in [0.4, 0.5) is 0 Å². The zero-order valence-corrected chi connectivity index (χ0v) is 53.9. The Morgan fingerprint density at radius 3 is 0.713 bits per heavy atom. The van der Waals surface area contributed by atoms with Crippen molar-refractivity contribution in [1.82, 2.24) is 0 Å². The van der Waals surface area contributed by atoms with E-state index in [1.54, 1.807) is 0 Å². The monoisotopic (exact) mass is 1120 g/mol.